The Bertz CT molecular complexity index is 435. The highest BCUT2D eigenvalue weighted by atomic mass is 16.5. The highest BCUT2D eigenvalue weighted by Crippen LogP contribution is 2.28. The molecular formula is C13H14O3. The van der Waals surface area contributed by atoms with Crippen LogP contribution in [0.1, 0.15) is 23.7 Å². The van der Waals surface area contributed by atoms with Crippen molar-refractivity contribution in [2.45, 2.75) is 19.4 Å². The van der Waals surface area contributed by atoms with Crippen LogP contribution in [0.3, 0.4) is 0 Å². The number of methoxy groups -OCH3 is 1. The number of hydrogen-bond donors (Lipinski definition) is 0. The molecule has 1 heterocycles. The van der Waals surface area contributed by atoms with Crippen molar-refractivity contribution in [1.29, 1.82) is 0 Å². The normalized spacial score (nSPS) is 19.4. The maximum absolute atomic E-state index is 11.3. The van der Waals surface area contributed by atoms with Crippen molar-refractivity contribution >= 4 is 5.78 Å². The summed E-state index contributed by atoms with van der Waals surface area (Å²) in [4.78, 5) is 11.3. The van der Waals surface area contributed by atoms with E-state index in [9.17, 15) is 4.79 Å². The molecule has 0 radical (unpaired) electrons. The first-order chi connectivity index (χ1) is 7.70. The van der Waals surface area contributed by atoms with Crippen LogP contribution >= 0.6 is 0 Å². The number of carbonyl (C=O) groups excluding carboxylic acids is 1. The summed E-state index contributed by atoms with van der Waals surface area (Å²) in [7, 11) is 1.64. The van der Waals surface area contributed by atoms with E-state index in [1.54, 1.807) is 7.11 Å². The minimum atomic E-state index is -0.165. The summed E-state index contributed by atoms with van der Waals surface area (Å²) in [6, 6.07) is 5.83. The predicted molar refractivity (Wildman–Crippen MR) is 60.3 cm³/mol. The van der Waals surface area contributed by atoms with Gasteiger partial charge < -0.3 is 9.47 Å². The Hall–Kier alpha value is -1.77. The van der Waals surface area contributed by atoms with Crippen LogP contribution in [0.2, 0.25) is 0 Å². The fourth-order valence-corrected chi connectivity index (χ4v) is 1.81. The number of hydrogen-bond acceptors (Lipinski definition) is 3. The molecule has 2 rings (SSSR count). The molecule has 0 saturated carbocycles. The van der Waals surface area contributed by atoms with Crippen molar-refractivity contribution in [1.82, 2.24) is 0 Å². The van der Waals surface area contributed by atoms with E-state index in [-0.39, 0.29) is 11.9 Å². The maximum atomic E-state index is 11.3. The molecule has 0 spiro atoms. The molecule has 1 unspecified atom stereocenters. The largest absolute Gasteiger partial charge is 0.496 e. The third-order valence-electron chi connectivity index (χ3n) is 2.67. The average Bonchev–Trinajstić information content (AvgIpc) is 2.29. The standard InChI is InChI=1S/C13H14O3/c1-9-7-10(3-4-12(9)15-2)13-8-11(14)5-6-16-13/h3-7,13H,8H2,1-2H3. The summed E-state index contributed by atoms with van der Waals surface area (Å²) in [5.41, 5.74) is 2.06. The lowest BCUT2D eigenvalue weighted by Gasteiger charge is -2.19. The monoisotopic (exact) mass is 218 g/mol. The molecular weight excluding hydrogens is 204 g/mol. The van der Waals surface area contributed by atoms with Crippen molar-refractivity contribution < 1.29 is 14.3 Å². The Morgan fingerprint density at radius 1 is 1.44 bits per heavy atom. The fraction of sp³-hybridized carbons (Fsp3) is 0.308. The van der Waals surface area contributed by atoms with E-state index in [1.165, 1.54) is 12.3 Å². The average molecular weight is 218 g/mol. The first-order valence-electron chi connectivity index (χ1n) is 5.20. The van der Waals surface area contributed by atoms with Crippen molar-refractivity contribution in [3.05, 3.63) is 41.7 Å². The number of ether oxygens (including phenoxy) is 2. The van der Waals surface area contributed by atoms with Gasteiger partial charge in [0.25, 0.3) is 0 Å². The molecule has 0 saturated heterocycles. The molecule has 0 amide bonds. The molecule has 16 heavy (non-hydrogen) atoms. The Morgan fingerprint density at radius 2 is 2.25 bits per heavy atom. The highest BCUT2D eigenvalue weighted by molar-refractivity contribution is 5.90. The molecule has 0 aliphatic carbocycles. The van der Waals surface area contributed by atoms with E-state index in [0.29, 0.717) is 6.42 Å². The van der Waals surface area contributed by atoms with Crippen LogP contribution in [0.25, 0.3) is 0 Å². The summed E-state index contributed by atoms with van der Waals surface area (Å²) >= 11 is 0. The minimum Gasteiger partial charge on any atom is -0.496 e. The second kappa shape index (κ2) is 4.39. The molecule has 1 aliphatic rings. The van der Waals surface area contributed by atoms with Gasteiger partial charge in [-0.2, -0.15) is 0 Å². The van der Waals surface area contributed by atoms with Gasteiger partial charge in [0, 0.05) is 6.08 Å². The minimum absolute atomic E-state index is 0.102. The molecule has 0 bridgehead atoms. The first-order valence-corrected chi connectivity index (χ1v) is 5.20. The Balaban J connectivity index is 2.24. The molecule has 1 atom stereocenters. The Kier molecular flexibility index (Phi) is 2.95. The van der Waals surface area contributed by atoms with Gasteiger partial charge in [-0.15, -0.1) is 0 Å². The molecule has 0 fully saturated rings. The third-order valence-corrected chi connectivity index (χ3v) is 2.67. The van der Waals surface area contributed by atoms with Gasteiger partial charge in [0.2, 0.25) is 0 Å². The number of rotatable bonds is 2. The number of allylic oxidation sites excluding steroid dienone is 1. The SMILES string of the molecule is COc1ccc(C2CC(=O)C=CO2)cc1C. The zero-order valence-corrected chi connectivity index (χ0v) is 9.40. The van der Waals surface area contributed by atoms with Gasteiger partial charge in [0.15, 0.2) is 5.78 Å². The topological polar surface area (TPSA) is 35.5 Å². The number of carbonyl (C=O) groups is 1. The zero-order valence-electron chi connectivity index (χ0n) is 9.40. The molecule has 3 nitrogen and oxygen atoms in total. The molecule has 1 aromatic rings. The Labute approximate surface area is 94.7 Å². The second-order valence-corrected chi connectivity index (χ2v) is 3.83. The number of ketones is 1. The van der Waals surface area contributed by atoms with Gasteiger partial charge in [0.1, 0.15) is 11.9 Å². The Morgan fingerprint density at radius 3 is 2.88 bits per heavy atom. The lowest BCUT2D eigenvalue weighted by Crippen LogP contribution is -2.11. The van der Waals surface area contributed by atoms with Crippen molar-refractivity contribution in [3.8, 4) is 5.75 Å². The van der Waals surface area contributed by atoms with E-state index < -0.39 is 0 Å². The second-order valence-electron chi connectivity index (χ2n) is 3.83. The van der Waals surface area contributed by atoms with Gasteiger partial charge in [0.05, 0.1) is 19.8 Å². The summed E-state index contributed by atoms with van der Waals surface area (Å²) < 4.78 is 10.6. The molecule has 1 aliphatic heterocycles. The summed E-state index contributed by atoms with van der Waals surface area (Å²) in [5.74, 6) is 0.950. The summed E-state index contributed by atoms with van der Waals surface area (Å²) in [6.45, 7) is 1.98. The maximum Gasteiger partial charge on any atom is 0.162 e. The van der Waals surface area contributed by atoms with E-state index >= 15 is 0 Å². The van der Waals surface area contributed by atoms with Crippen LogP contribution in [0, 0.1) is 6.92 Å². The lowest BCUT2D eigenvalue weighted by atomic mass is 10.0. The fourth-order valence-electron chi connectivity index (χ4n) is 1.81. The summed E-state index contributed by atoms with van der Waals surface area (Å²) in [5, 5.41) is 0. The molecule has 3 heteroatoms. The van der Waals surface area contributed by atoms with Crippen LogP contribution in [-0.4, -0.2) is 12.9 Å². The van der Waals surface area contributed by atoms with Crippen molar-refractivity contribution in [2.24, 2.45) is 0 Å². The van der Waals surface area contributed by atoms with Gasteiger partial charge >= 0.3 is 0 Å². The van der Waals surface area contributed by atoms with Crippen LogP contribution < -0.4 is 4.74 Å². The highest BCUT2D eigenvalue weighted by Gasteiger charge is 2.19. The van der Waals surface area contributed by atoms with E-state index in [4.69, 9.17) is 9.47 Å². The van der Waals surface area contributed by atoms with Crippen molar-refractivity contribution in [2.75, 3.05) is 7.11 Å². The predicted octanol–water partition coefficient (Wildman–Crippen LogP) is 2.55. The molecule has 84 valence electrons. The quantitative estimate of drug-likeness (QED) is 0.765. The van der Waals surface area contributed by atoms with Gasteiger partial charge in [-0.05, 0) is 30.2 Å². The van der Waals surface area contributed by atoms with E-state index in [2.05, 4.69) is 0 Å². The first kappa shape index (κ1) is 10.7. The van der Waals surface area contributed by atoms with Gasteiger partial charge in [-0.1, -0.05) is 6.07 Å². The van der Waals surface area contributed by atoms with Crippen LogP contribution in [0.15, 0.2) is 30.5 Å². The number of aryl methyl sites for hydroxylation is 1. The van der Waals surface area contributed by atoms with Crippen LogP contribution in [0.5, 0.6) is 5.75 Å². The van der Waals surface area contributed by atoms with E-state index in [1.807, 2.05) is 25.1 Å². The summed E-state index contributed by atoms with van der Waals surface area (Å²) in [6.07, 6.45) is 3.17. The lowest BCUT2D eigenvalue weighted by molar-refractivity contribution is -0.118. The van der Waals surface area contributed by atoms with Crippen LogP contribution in [-0.2, 0) is 9.53 Å². The number of benzene rings is 1. The smallest absolute Gasteiger partial charge is 0.162 e. The van der Waals surface area contributed by atoms with E-state index in [0.717, 1.165) is 16.9 Å². The molecule has 1 aromatic carbocycles. The zero-order chi connectivity index (χ0) is 11.5. The third kappa shape index (κ3) is 2.08. The molecule has 0 N–H and O–H groups in total. The van der Waals surface area contributed by atoms with Crippen LogP contribution in [0.4, 0.5) is 0 Å². The van der Waals surface area contributed by atoms with Gasteiger partial charge in [-0.3, -0.25) is 4.79 Å². The van der Waals surface area contributed by atoms with Crippen molar-refractivity contribution in [3.63, 3.8) is 0 Å². The van der Waals surface area contributed by atoms with Gasteiger partial charge in [-0.25, -0.2) is 0 Å². The molecule has 0 aromatic heterocycles.